The lowest BCUT2D eigenvalue weighted by Crippen LogP contribution is -2.52. The molecule has 1 aliphatic carbocycles. The second-order valence-electron chi connectivity index (χ2n) is 8.09. The monoisotopic (exact) mass is 377 g/mol. The molecule has 4 rings (SSSR count). The van der Waals surface area contributed by atoms with E-state index in [0.29, 0.717) is 18.9 Å². The van der Waals surface area contributed by atoms with Crippen LogP contribution in [0.3, 0.4) is 0 Å². The van der Waals surface area contributed by atoms with Gasteiger partial charge in [-0.3, -0.25) is 14.5 Å². The number of nitrogens with two attached hydrogens (primary N) is 1. The largest absolute Gasteiger partial charge is 0.368 e. The summed E-state index contributed by atoms with van der Waals surface area (Å²) in [5.74, 6) is 0.0726. The number of nitrogens with one attached hydrogen (secondary N) is 1. The maximum atomic E-state index is 12.9. The molecule has 2 aromatic carbocycles. The van der Waals surface area contributed by atoms with Gasteiger partial charge in [0, 0.05) is 6.54 Å². The van der Waals surface area contributed by atoms with Gasteiger partial charge in [0.25, 0.3) is 0 Å². The van der Waals surface area contributed by atoms with Gasteiger partial charge in [0.2, 0.25) is 11.8 Å². The molecule has 28 heavy (non-hydrogen) atoms. The highest BCUT2D eigenvalue weighted by atomic mass is 16.2. The van der Waals surface area contributed by atoms with E-state index in [2.05, 4.69) is 42.6 Å². The molecule has 5 heteroatoms. The Morgan fingerprint density at radius 1 is 1.11 bits per heavy atom. The molecule has 1 aliphatic heterocycles. The van der Waals surface area contributed by atoms with Crippen molar-refractivity contribution in [1.82, 2.24) is 10.2 Å². The van der Waals surface area contributed by atoms with Crippen molar-refractivity contribution in [2.24, 2.45) is 11.7 Å². The van der Waals surface area contributed by atoms with E-state index in [0.717, 1.165) is 29.5 Å². The van der Waals surface area contributed by atoms with Gasteiger partial charge < -0.3 is 11.1 Å². The number of primary amides is 1. The minimum absolute atomic E-state index is 0.0391. The van der Waals surface area contributed by atoms with E-state index in [1.54, 1.807) is 0 Å². The van der Waals surface area contributed by atoms with Crippen molar-refractivity contribution in [3.8, 4) is 0 Å². The minimum atomic E-state index is -0.445. The Bertz CT molecular complexity index is 874. The third kappa shape index (κ3) is 4.09. The zero-order valence-electron chi connectivity index (χ0n) is 16.2. The van der Waals surface area contributed by atoms with E-state index < -0.39 is 6.04 Å². The lowest BCUT2D eigenvalue weighted by molar-refractivity contribution is -0.128. The van der Waals surface area contributed by atoms with Crippen molar-refractivity contribution in [2.75, 3.05) is 6.54 Å². The van der Waals surface area contributed by atoms with Crippen LogP contribution in [0.25, 0.3) is 0 Å². The molecule has 0 radical (unpaired) electrons. The Hall–Kier alpha value is -2.66. The highest BCUT2D eigenvalue weighted by Crippen LogP contribution is 2.41. The van der Waals surface area contributed by atoms with Crippen LogP contribution in [0.1, 0.15) is 41.1 Å². The maximum absolute atomic E-state index is 12.9. The summed E-state index contributed by atoms with van der Waals surface area (Å²) in [5.41, 5.74) is 10.3. The van der Waals surface area contributed by atoms with Gasteiger partial charge in [0.1, 0.15) is 0 Å². The minimum Gasteiger partial charge on any atom is -0.368 e. The van der Waals surface area contributed by atoms with Crippen molar-refractivity contribution < 1.29 is 9.59 Å². The van der Waals surface area contributed by atoms with Crippen LogP contribution < -0.4 is 11.1 Å². The standard InChI is InChI=1S/C23H27N3O2/c1-15-6-8-16(9-7-15)22(17-10-11-17)25-21(27)14-26-13-19-5-3-2-4-18(19)12-20(26)23(24)28/h2-9,17,20,22H,10-14H2,1H3,(H2,24,28)(H,25,27)/t20-,22+/m1/s1. The number of carbonyl (C=O) groups is 2. The van der Waals surface area contributed by atoms with E-state index in [1.165, 1.54) is 5.56 Å². The number of aryl methyl sites for hydroxylation is 1. The third-order valence-corrected chi connectivity index (χ3v) is 5.87. The first-order valence-corrected chi connectivity index (χ1v) is 9.97. The molecule has 1 fully saturated rings. The van der Waals surface area contributed by atoms with Crippen LogP contribution in [-0.2, 0) is 22.6 Å². The molecule has 0 saturated heterocycles. The Morgan fingerprint density at radius 3 is 2.43 bits per heavy atom. The molecule has 3 N–H and O–H groups in total. The van der Waals surface area contributed by atoms with Gasteiger partial charge in [-0.1, -0.05) is 54.1 Å². The van der Waals surface area contributed by atoms with Crippen LogP contribution in [0.4, 0.5) is 0 Å². The van der Waals surface area contributed by atoms with Crippen molar-refractivity contribution >= 4 is 11.8 Å². The molecule has 0 unspecified atom stereocenters. The summed E-state index contributed by atoms with van der Waals surface area (Å²) in [4.78, 5) is 26.8. The summed E-state index contributed by atoms with van der Waals surface area (Å²) in [7, 11) is 0. The second kappa shape index (κ2) is 7.76. The van der Waals surface area contributed by atoms with E-state index in [4.69, 9.17) is 5.73 Å². The Balaban J connectivity index is 1.47. The predicted octanol–water partition coefficient (Wildman–Crippen LogP) is 2.47. The first-order chi connectivity index (χ1) is 13.5. The summed E-state index contributed by atoms with van der Waals surface area (Å²) >= 11 is 0. The van der Waals surface area contributed by atoms with Crippen molar-refractivity contribution in [2.45, 2.75) is 44.8 Å². The summed E-state index contributed by atoms with van der Waals surface area (Å²) < 4.78 is 0. The number of hydrogen-bond donors (Lipinski definition) is 2. The highest BCUT2D eigenvalue weighted by Gasteiger charge is 2.35. The van der Waals surface area contributed by atoms with Crippen LogP contribution in [0.15, 0.2) is 48.5 Å². The molecule has 2 atom stereocenters. The van der Waals surface area contributed by atoms with Gasteiger partial charge in [0.05, 0.1) is 18.6 Å². The second-order valence-corrected chi connectivity index (χ2v) is 8.09. The summed E-state index contributed by atoms with van der Waals surface area (Å²) in [6.45, 7) is 2.81. The zero-order valence-corrected chi connectivity index (χ0v) is 16.2. The zero-order chi connectivity index (χ0) is 19.7. The normalized spacial score (nSPS) is 20.2. The van der Waals surface area contributed by atoms with Gasteiger partial charge in [0.15, 0.2) is 0 Å². The Labute approximate surface area is 165 Å². The molecule has 0 aromatic heterocycles. The van der Waals surface area contributed by atoms with Crippen LogP contribution in [0.5, 0.6) is 0 Å². The number of hydrogen-bond acceptors (Lipinski definition) is 3. The fourth-order valence-electron chi connectivity index (χ4n) is 4.10. The topological polar surface area (TPSA) is 75.4 Å². The molecule has 146 valence electrons. The Morgan fingerprint density at radius 2 is 1.79 bits per heavy atom. The van der Waals surface area contributed by atoms with Gasteiger partial charge >= 0.3 is 0 Å². The lowest BCUT2D eigenvalue weighted by atomic mass is 9.93. The molecule has 0 bridgehead atoms. The number of nitrogens with zero attached hydrogens (tertiary/aromatic N) is 1. The smallest absolute Gasteiger partial charge is 0.235 e. The molecular weight excluding hydrogens is 350 g/mol. The Kier molecular flexibility index (Phi) is 5.18. The SMILES string of the molecule is Cc1ccc([C@H](NC(=O)CN2Cc3ccccc3C[C@@H]2C(N)=O)C2CC2)cc1. The van der Waals surface area contributed by atoms with Crippen LogP contribution in [0.2, 0.25) is 0 Å². The average Bonchev–Trinajstić information content (AvgIpc) is 3.51. The average molecular weight is 377 g/mol. The van der Waals surface area contributed by atoms with E-state index in [9.17, 15) is 9.59 Å². The molecule has 2 amide bonds. The van der Waals surface area contributed by atoms with Crippen molar-refractivity contribution in [1.29, 1.82) is 0 Å². The quantitative estimate of drug-likeness (QED) is 0.812. The molecule has 1 saturated carbocycles. The number of benzene rings is 2. The fraction of sp³-hybridized carbons (Fsp3) is 0.391. The molecule has 2 aromatic rings. The summed E-state index contributed by atoms with van der Waals surface area (Å²) in [5, 5.41) is 3.21. The third-order valence-electron chi connectivity index (χ3n) is 5.87. The summed E-state index contributed by atoms with van der Waals surface area (Å²) in [6.07, 6.45) is 2.84. The van der Waals surface area contributed by atoms with Gasteiger partial charge in [-0.2, -0.15) is 0 Å². The summed E-state index contributed by atoms with van der Waals surface area (Å²) in [6, 6.07) is 16.0. The fourth-order valence-corrected chi connectivity index (χ4v) is 4.10. The van der Waals surface area contributed by atoms with E-state index >= 15 is 0 Å². The van der Waals surface area contributed by atoms with Crippen LogP contribution >= 0.6 is 0 Å². The lowest BCUT2D eigenvalue weighted by Gasteiger charge is -2.35. The highest BCUT2D eigenvalue weighted by molar-refractivity contribution is 5.83. The number of amides is 2. The molecule has 5 nitrogen and oxygen atoms in total. The van der Waals surface area contributed by atoms with Gasteiger partial charge in [-0.05, 0) is 48.8 Å². The van der Waals surface area contributed by atoms with Crippen LogP contribution in [0, 0.1) is 12.8 Å². The first kappa shape index (κ1) is 18.7. The maximum Gasteiger partial charge on any atom is 0.235 e. The molecule has 0 spiro atoms. The van der Waals surface area contributed by atoms with Crippen LogP contribution in [-0.4, -0.2) is 29.3 Å². The van der Waals surface area contributed by atoms with Gasteiger partial charge in [-0.25, -0.2) is 0 Å². The predicted molar refractivity (Wildman–Crippen MR) is 108 cm³/mol. The van der Waals surface area contributed by atoms with E-state index in [-0.39, 0.29) is 24.4 Å². The molecular formula is C23H27N3O2. The van der Waals surface area contributed by atoms with Crippen molar-refractivity contribution in [3.05, 3.63) is 70.8 Å². The number of fused-ring (bicyclic) bond motifs is 1. The first-order valence-electron chi connectivity index (χ1n) is 9.97. The van der Waals surface area contributed by atoms with E-state index in [1.807, 2.05) is 23.1 Å². The number of rotatable bonds is 6. The van der Waals surface area contributed by atoms with Crippen molar-refractivity contribution in [3.63, 3.8) is 0 Å². The number of carbonyl (C=O) groups excluding carboxylic acids is 2. The van der Waals surface area contributed by atoms with Gasteiger partial charge in [-0.15, -0.1) is 0 Å². The molecule has 2 aliphatic rings. The molecule has 1 heterocycles.